The number of anilines is 1. The van der Waals surface area contributed by atoms with E-state index in [0.717, 1.165) is 28.1 Å². The van der Waals surface area contributed by atoms with Gasteiger partial charge in [0.2, 0.25) is 0 Å². The molecule has 1 aliphatic heterocycles. The van der Waals surface area contributed by atoms with Crippen molar-refractivity contribution in [2.24, 2.45) is 0 Å². The minimum Gasteiger partial charge on any atom is -0.385 e. The summed E-state index contributed by atoms with van der Waals surface area (Å²) < 4.78 is 18.3. The summed E-state index contributed by atoms with van der Waals surface area (Å²) in [5, 5.41) is 2.86. The first-order valence-electron chi connectivity index (χ1n) is 11.0. The third-order valence-electron chi connectivity index (χ3n) is 5.37. The number of carbonyl (C=O) groups excluding carboxylic acids is 2. The Morgan fingerprint density at radius 3 is 2.53 bits per heavy atom. The smallest absolute Gasteiger partial charge is 0.265 e. The molecule has 0 saturated carbocycles. The van der Waals surface area contributed by atoms with E-state index in [4.69, 9.17) is 4.74 Å². The topological polar surface area (TPSA) is 58.6 Å². The fourth-order valence-electron chi connectivity index (χ4n) is 3.59. The van der Waals surface area contributed by atoms with Gasteiger partial charge in [-0.1, -0.05) is 48.2 Å². The van der Waals surface area contributed by atoms with E-state index in [-0.39, 0.29) is 17.6 Å². The molecule has 7 heteroatoms. The summed E-state index contributed by atoms with van der Waals surface area (Å²) in [6.07, 6.45) is 2.59. The minimum absolute atomic E-state index is 0.118. The van der Waals surface area contributed by atoms with Crippen LogP contribution in [0, 0.1) is 5.82 Å². The first-order valence-corrected chi connectivity index (χ1v) is 11.8. The van der Waals surface area contributed by atoms with Crippen LogP contribution >= 0.6 is 11.8 Å². The fourth-order valence-corrected chi connectivity index (χ4v) is 4.65. The first kappa shape index (κ1) is 23.7. The van der Waals surface area contributed by atoms with Crippen LogP contribution in [-0.2, 0) is 16.1 Å². The normalized spacial score (nSPS) is 14.2. The third-order valence-corrected chi connectivity index (χ3v) is 6.44. The van der Waals surface area contributed by atoms with E-state index in [2.05, 4.69) is 5.32 Å². The lowest BCUT2D eigenvalue weighted by Crippen LogP contribution is -2.33. The SMILES string of the molecule is COCCCNC(=O)c1ccc(/C=C2\Sc3ccccc3N(Cc3ccc(F)cc3)C2=O)cc1. The van der Waals surface area contributed by atoms with Crippen molar-refractivity contribution >= 4 is 35.3 Å². The Kier molecular flexibility index (Phi) is 7.77. The number of amides is 2. The van der Waals surface area contributed by atoms with Gasteiger partial charge in [-0.2, -0.15) is 0 Å². The largest absolute Gasteiger partial charge is 0.385 e. The van der Waals surface area contributed by atoms with Gasteiger partial charge in [-0.15, -0.1) is 0 Å². The van der Waals surface area contributed by atoms with Gasteiger partial charge >= 0.3 is 0 Å². The summed E-state index contributed by atoms with van der Waals surface area (Å²) in [6.45, 7) is 1.49. The third kappa shape index (κ3) is 5.73. The number of fused-ring (bicyclic) bond motifs is 1. The standard InChI is InChI=1S/C27H25FN2O3S/c1-33-16-4-15-29-26(31)21-11-7-19(8-12-21)17-25-27(32)30(18-20-9-13-22(28)14-10-20)23-5-2-3-6-24(23)34-25/h2-3,5-14,17H,4,15-16,18H2,1H3,(H,29,31)/b25-17-. The molecule has 0 unspecified atom stereocenters. The van der Waals surface area contributed by atoms with Gasteiger partial charge in [0, 0.05) is 30.7 Å². The van der Waals surface area contributed by atoms with Crippen molar-refractivity contribution in [3.63, 3.8) is 0 Å². The van der Waals surface area contributed by atoms with Crippen LogP contribution < -0.4 is 10.2 Å². The quantitative estimate of drug-likeness (QED) is 0.355. The second-order valence-corrected chi connectivity index (χ2v) is 8.90. The number of nitrogens with one attached hydrogen (secondary N) is 1. The number of nitrogens with zero attached hydrogens (tertiary/aromatic N) is 1. The molecule has 0 bridgehead atoms. The molecule has 0 spiro atoms. The summed E-state index contributed by atoms with van der Waals surface area (Å²) in [7, 11) is 1.63. The number of methoxy groups -OCH3 is 1. The Morgan fingerprint density at radius 2 is 1.79 bits per heavy atom. The van der Waals surface area contributed by atoms with E-state index in [1.54, 1.807) is 36.3 Å². The number of rotatable bonds is 8. The molecule has 4 rings (SSSR count). The highest BCUT2D eigenvalue weighted by molar-refractivity contribution is 8.04. The van der Waals surface area contributed by atoms with Crippen LogP contribution in [0.25, 0.3) is 6.08 Å². The predicted octanol–water partition coefficient (Wildman–Crippen LogP) is 5.27. The van der Waals surface area contributed by atoms with Crippen molar-refractivity contribution in [1.29, 1.82) is 0 Å². The second kappa shape index (κ2) is 11.1. The Morgan fingerprint density at radius 1 is 1.06 bits per heavy atom. The molecule has 34 heavy (non-hydrogen) atoms. The van der Waals surface area contributed by atoms with Crippen molar-refractivity contribution in [3.8, 4) is 0 Å². The van der Waals surface area contributed by atoms with Crippen LogP contribution in [0.15, 0.2) is 82.6 Å². The van der Waals surface area contributed by atoms with Gasteiger partial charge in [-0.05, 0) is 60.0 Å². The number of carbonyl (C=O) groups is 2. The molecule has 1 aliphatic rings. The molecule has 0 aromatic heterocycles. The van der Waals surface area contributed by atoms with Gasteiger partial charge in [0.15, 0.2) is 0 Å². The van der Waals surface area contributed by atoms with Crippen molar-refractivity contribution in [3.05, 3.63) is 100 Å². The van der Waals surface area contributed by atoms with Crippen molar-refractivity contribution < 1.29 is 18.7 Å². The highest BCUT2D eigenvalue weighted by Gasteiger charge is 2.29. The summed E-state index contributed by atoms with van der Waals surface area (Å²) in [4.78, 5) is 29.0. The number of benzene rings is 3. The van der Waals surface area contributed by atoms with Crippen LogP contribution in [0.4, 0.5) is 10.1 Å². The van der Waals surface area contributed by atoms with E-state index >= 15 is 0 Å². The van der Waals surface area contributed by atoms with Crippen LogP contribution in [-0.4, -0.2) is 32.1 Å². The van der Waals surface area contributed by atoms with E-state index < -0.39 is 0 Å². The lowest BCUT2D eigenvalue weighted by Gasteiger charge is -2.30. The lowest BCUT2D eigenvalue weighted by atomic mass is 10.1. The van der Waals surface area contributed by atoms with Crippen LogP contribution in [0.3, 0.4) is 0 Å². The van der Waals surface area contributed by atoms with Crippen LogP contribution in [0.1, 0.15) is 27.9 Å². The molecule has 5 nitrogen and oxygen atoms in total. The molecular weight excluding hydrogens is 451 g/mol. The molecule has 2 amide bonds. The molecule has 0 fully saturated rings. The van der Waals surface area contributed by atoms with Gasteiger partial charge in [-0.3, -0.25) is 9.59 Å². The Hall–Kier alpha value is -3.42. The highest BCUT2D eigenvalue weighted by Crippen LogP contribution is 2.42. The number of halogens is 1. The second-order valence-electron chi connectivity index (χ2n) is 7.82. The Balaban J connectivity index is 1.53. The zero-order chi connectivity index (χ0) is 23.9. The molecule has 1 heterocycles. The zero-order valence-electron chi connectivity index (χ0n) is 18.8. The molecule has 0 radical (unpaired) electrons. The van der Waals surface area contributed by atoms with Gasteiger partial charge < -0.3 is 15.0 Å². The van der Waals surface area contributed by atoms with Gasteiger partial charge in [0.1, 0.15) is 5.82 Å². The first-order chi connectivity index (χ1) is 16.5. The average molecular weight is 477 g/mol. The number of ether oxygens (including phenoxy) is 1. The maximum Gasteiger partial charge on any atom is 0.265 e. The molecule has 0 saturated heterocycles. The van der Waals surface area contributed by atoms with Gasteiger partial charge in [0.05, 0.1) is 17.1 Å². The molecule has 174 valence electrons. The molecule has 3 aromatic rings. The van der Waals surface area contributed by atoms with E-state index in [0.29, 0.717) is 30.2 Å². The van der Waals surface area contributed by atoms with Crippen LogP contribution in [0.2, 0.25) is 0 Å². The molecule has 1 N–H and O–H groups in total. The Labute approximate surface area is 202 Å². The number of para-hydroxylation sites is 1. The maximum absolute atomic E-state index is 13.4. The van der Waals surface area contributed by atoms with Crippen molar-refractivity contribution in [2.45, 2.75) is 17.9 Å². The maximum atomic E-state index is 13.4. The monoisotopic (exact) mass is 476 g/mol. The fraction of sp³-hybridized carbons (Fsp3) is 0.185. The van der Waals surface area contributed by atoms with Crippen molar-refractivity contribution in [2.75, 3.05) is 25.2 Å². The summed E-state index contributed by atoms with van der Waals surface area (Å²) >= 11 is 1.42. The van der Waals surface area contributed by atoms with E-state index in [1.807, 2.05) is 42.5 Å². The Bertz CT molecular complexity index is 1190. The highest BCUT2D eigenvalue weighted by atomic mass is 32.2. The molecule has 3 aromatic carbocycles. The average Bonchev–Trinajstić information content (AvgIpc) is 2.86. The summed E-state index contributed by atoms with van der Waals surface area (Å²) in [5.74, 6) is -0.567. The van der Waals surface area contributed by atoms with E-state index in [1.165, 1.54) is 23.9 Å². The number of hydrogen-bond donors (Lipinski definition) is 1. The molecule has 0 aliphatic carbocycles. The number of thioether (sulfide) groups is 1. The van der Waals surface area contributed by atoms with Crippen LogP contribution in [0.5, 0.6) is 0 Å². The van der Waals surface area contributed by atoms with Gasteiger partial charge in [-0.25, -0.2) is 4.39 Å². The minimum atomic E-state index is -0.308. The molecular formula is C27H25FN2O3S. The summed E-state index contributed by atoms with van der Waals surface area (Å²) in [6, 6.07) is 21.1. The summed E-state index contributed by atoms with van der Waals surface area (Å²) in [5.41, 5.74) is 3.06. The van der Waals surface area contributed by atoms with Gasteiger partial charge in [0.25, 0.3) is 11.8 Å². The molecule has 0 atom stereocenters. The van der Waals surface area contributed by atoms with Crippen molar-refractivity contribution in [1.82, 2.24) is 5.32 Å². The zero-order valence-corrected chi connectivity index (χ0v) is 19.6. The predicted molar refractivity (Wildman–Crippen MR) is 133 cm³/mol. The van der Waals surface area contributed by atoms with E-state index in [9.17, 15) is 14.0 Å². The lowest BCUT2D eigenvalue weighted by molar-refractivity contribution is -0.114. The number of hydrogen-bond acceptors (Lipinski definition) is 4.